The van der Waals surface area contributed by atoms with Gasteiger partial charge in [0.25, 0.3) is 5.91 Å². The van der Waals surface area contributed by atoms with Gasteiger partial charge in [-0.2, -0.15) is 0 Å². The second kappa shape index (κ2) is 6.65. The topological polar surface area (TPSA) is 42.0 Å². The number of hydrogen-bond acceptors (Lipinski definition) is 4. The van der Waals surface area contributed by atoms with Gasteiger partial charge >= 0.3 is 0 Å². The van der Waals surface area contributed by atoms with Gasteiger partial charge in [0.2, 0.25) is 0 Å². The fraction of sp³-hybridized carbons (Fsp3) is 0.125. The van der Waals surface area contributed by atoms with Crippen LogP contribution in [-0.2, 0) is 6.42 Å². The molecule has 3 aromatic rings. The van der Waals surface area contributed by atoms with E-state index in [1.54, 1.807) is 17.5 Å². The third-order valence-electron chi connectivity index (χ3n) is 3.00. The fourth-order valence-corrected chi connectivity index (χ4v) is 3.58. The Hall–Kier alpha value is -1.98. The molecule has 3 rings (SSSR count). The van der Waals surface area contributed by atoms with E-state index in [9.17, 15) is 4.79 Å². The van der Waals surface area contributed by atoms with Crippen molar-refractivity contribution in [1.82, 2.24) is 10.3 Å². The lowest BCUT2D eigenvalue weighted by atomic mass is 10.1. The number of carbonyl (C=O) groups excluding carboxylic acids is 1. The second-order valence-corrected chi connectivity index (χ2v) is 6.48. The Balaban J connectivity index is 1.56. The van der Waals surface area contributed by atoms with Crippen LogP contribution in [0.15, 0.2) is 54.0 Å². The Morgan fingerprint density at radius 2 is 2.00 bits per heavy atom. The Labute approximate surface area is 131 Å². The first kappa shape index (κ1) is 14.0. The number of benzene rings is 1. The van der Waals surface area contributed by atoms with Crippen LogP contribution in [0.1, 0.15) is 15.2 Å². The minimum atomic E-state index is -0.0498. The average Bonchev–Trinajstić information content (AvgIpc) is 3.19. The van der Waals surface area contributed by atoms with Gasteiger partial charge in [-0.3, -0.25) is 4.79 Å². The average molecular weight is 314 g/mol. The summed E-state index contributed by atoms with van der Waals surface area (Å²) in [6.45, 7) is 0.634. The summed E-state index contributed by atoms with van der Waals surface area (Å²) in [6, 6.07) is 14.1. The number of carbonyl (C=O) groups is 1. The highest BCUT2D eigenvalue weighted by atomic mass is 32.1. The quantitative estimate of drug-likeness (QED) is 0.777. The summed E-state index contributed by atoms with van der Waals surface area (Å²) >= 11 is 3.06. The Kier molecular flexibility index (Phi) is 4.43. The summed E-state index contributed by atoms with van der Waals surface area (Å²) < 4.78 is 0. The molecule has 3 nitrogen and oxygen atoms in total. The molecule has 1 aromatic carbocycles. The molecule has 2 heterocycles. The van der Waals surface area contributed by atoms with Crippen LogP contribution in [0.5, 0.6) is 0 Å². The number of hydrogen-bond donors (Lipinski definition) is 1. The van der Waals surface area contributed by atoms with Crippen molar-refractivity contribution in [3.05, 3.63) is 64.5 Å². The molecule has 0 unspecified atom stereocenters. The highest BCUT2D eigenvalue weighted by Gasteiger charge is 2.11. The molecular formula is C16H14N2OS2. The van der Waals surface area contributed by atoms with E-state index in [1.807, 2.05) is 35.7 Å². The molecule has 0 aliphatic carbocycles. The second-order valence-electron chi connectivity index (χ2n) is 4.50. The third-order valence-corrected chi connectivity index (χ3v) is 5.04. The molecule has 0 radical (unpaired) electrons. The maximum absolute atomic E-state index is 12.1. The molecule has 1 N–H and O–H groups in total. The molecule has 21 heavy (non-hydrogen) atoms. The first-order valence-electron chi connectivity index (χ1n) is 6.65. The van der Waals surface area contributed by atoms with Crippen LogP contribution in [0.3, 0.4) is 0 Å². The van der Waals surface area contributed by atoms with Gasteiger partial charge in [0.15, 0.2) is 0 Å². The lowest BCUT2D eigenvalue weighted by Crippen LogP contribution is -2.24. The van der Waals surface area contributed by atoms with E-state index in [0.29, 0.717) is 11.4 Å². The van der Waals surface area contributed by atoms with Crippen LogP contribution in [0.25, 0.3) is 9.88 Å². The number of nitrogens with one attached hydrogen (secondary N) is 1. The lowest BCUT2D eigenvalue weighted by molar-refractivity contribution is 0.0958. The SMILES string of the molecule is O=C(NCCc1ccccc1)c1cnc(-c2cccs2)s1. The molecule has 5 heteroatoms. The van der Waals surface area contributed by atoms with Gasteiger partial charge in [-0.25, -0.2) is 4.98 Å². The van der Waals surface area contributed by atoms with Crippen LogP contribution < -0.4 is 5.32 Å². The van der Waals surface area contributed by atoms with E-state index < -0.39 is 0 Å². The molecule has 0 atom stereocenters. The predicted molar refractivity (Wildman–Crippen MR) is 87.9 cm³/mol. The van der Waals surface area contributed by atoms with Crippen molar-refractivity contribution in [2.45, 2.75) is 6.42 Å². The van der Waals surface area contributed by atoms with Crippen molar-refractivity contribution in [2.75, 3.05) is 6.54 Å². The number of thiophene rings is 1. The molecule has 0 aliphatic rings. The normalized spacial score (nSPS) is 10.5. The number of rotatable bonds is 5. The fourth-order valence-electron chi connectivity index (χ4n) is 1.95. The smallest absolute Gasteiger partial charge is 0.263 e. The highest BCUT2D eigenvalue weighted by molar-refractivity contribution is 7.21. The lowest BCUT2D eigenvalue weighted by Gasteiger charge is -2.03. The number of amides is 1. The zero-order valence-electron chi connectivity index (χ0n) is 11.3. The summed E-state index contributed by atoms with van der Waals surface area (Å²) in [5.74, 6) is -0.0498. The minimum absolute atomic E-state index is 0.0498. The van der Waals surface area contributed by atoms with E-state index >= 15 is 0 Å². The summed E-state index contributed by atoms with van der Waals surface area (Å²) in [5.41, 5.74) is 1.22. The van der Waals surface area contributed by atoms with E-state index in [4.69, 9.17) is 0 Å². The van der Waals surface area contributed by atoms with Crippen molar-refractivity contribution in [3.63, 3.8) is 0 Å². The standard InChI is InChI=1S/C16H14N2OS2/c19-15(17-9-8-12-5-2-1-3-6-12)14-11-18-16(21-14)13-7-4-10-20-13/h1-7,10-11H,8-9H2,(H,17,19). The zero-order chi connectivity index (χ0) is 14.5. The van der Waals surface area contributed by atoms with Crippen molar-refractivity contribution in [3.8, 4) is 9.88 Å². The van der Waals surface area contributed by atoms with Gasteiger partial charge in [-0.05, 0) is 23.4 Å². The van der Waals surface area contributed by atoms with E-state index in [1.165, 1.54) is 16.9 Å². The molecule has 0 fully saturated rings. The number of aromatic nitrogens is 1. The molecule has 106 valence electrons. The van der Waals surface area contributed by atoms with Crippen LogP contribution in [-0.4, -0.2) is 17.4 Å². The van der Waals surface area contributed by atoms with E-state index in [-0.39, 0.29) is 5.91 Å². The van der Waals surface area contributed by atoms with Gasteiger partial charge in [0.1, 0.15) is 9.88 Å². The summed E-state index contributed by atoms with van der Waals surface area (Å²) in [6.07, 6.45) is 2.49. The first-order chi connectivity index (χ1) is 10.3. The Morgan fingerprint density at radius 1 is 1.14 bits per heavy atom. The van der Waals surface area contributed by atoms with Crippen molar-refractivity contribution >= 4 is 28.6 Å². The van der Waals surface area contributed by atoms with Crippen molar-refractivity contribution in [1.29, 1.82) is 0 Å². The van der Waals surface area contributed by atoms with Crippen molar-refractivity contribution in [2.24, 2.45) is 0 Å². The van der Waals surface area contributed by atoms with Gasteiger partial charge in [0.05, 0.1) is 11.1 Å². The number of nitrogens with zero attached hydrogens (tertiary/aromatic N) is 1. The molecule has 0 saturated heterocycles. The molecule has 0 bridgehead atoms. The third kappa shape index (κ3) is 3.56. The van der Waals surface area contributed by atoms with Gasteiger partial charge in [-0.1, -0.05) is 36.4 Å². The van der Waals surface area contributed by atoms with Crippen LogP contribution in [0, 0.1) is 0 Å². The van der Waals surface area contributed by atoms with Gasteiger partial charge in [-0.15, -0.1) is 22.7 Å². The maximum Gasteiger partial charge on any atom is 0.263 e. The monoisotopic (exact) mass is 314 g/mol. The summed E-state index contributed by atoms with van der Waals surface area (Å²) in [4.78, 5) is 18.2. The van der Waals surface area contributed by atoms with E-state index in [0.717, 1.165) is 16.3 Å². The van der Waals surface area contributed by atoms with E-state index in [2.05, 4.69) is 22.4 Å². The summed E-state index contributed by atoms with van der Waals surface area (Å²) in [7, 11) is 0. The minimum Gasteiger partial charge on any atom is -0.351 e. The Bertz CT molecular complexity index is 705. The van der Waals surface area contributed by atoms with Gasteiger partial charge in [0, 0.05) is 6.54 Å². The molecule has 2 aromatic heterocycles. The maximum atomic E-state index is 12.1. The molecule has 1 amide bonds. The molecular weight excluding hydrogens is 300 g/mol. The van der Waals surface area contributed by atoms with Crippen LogP contribution in [0.2, 0.25) is 0 Å². The molecule has 0 saturated carbocycles. The first-order valence-corrected chi connectivity index (χ1v) is 8.34. The predicted octanol–water partition coefficient (Wildman–Crippen LogP) is 3.84. The largest absolute Gasteiger partial charge is 0.351 e. The van der Waals surface area contributed by atoms with Crippen LogP contribution in [0.4, 0.5) is 0 Å². The Morgan fingerprint density at radius 3 is 2.76 bits per heavy atom. The van der Waals surface area contributed by atoms with Gasteiger partial charge < -0.3 is 5.32 Å². The summed E-state index contributed by atoms with van der Waals surface area (Å²) in [5, 5.41) is 5.85. The zero-order valence-corrected chi connectivity index (χ0v) is 12.9. The van der Waals surface area contributed by atoms with Crippen LogP contribution >= 0.6 is 22.7 Å². The van der Waals surface area contributed by atoms with Crippen molar-refractivity contribution < 1.29 is 4.79 Å². The number of thiazole rings is 1. The highest BCUT2D eigenvalue weighted by Crippen LogP contribution is 2.28. The molecule has 0 spiro atoms. The molecule has 0 aliphatic heterocycles.